The van der Waals surface area contributed by atoms with Crippen molar-refractivity contribution < 1.29 is 14.1 Å². The second-order valence-corrected chi connectivity index (χ2v) is 5.97. The zero-order valence-corrected chi connectivity index (χ0v) is 12.1. The zero-order valence-electron chi connectivity index (χ0n) is 12.1. The van der Waals surface area contributed by atoms with E-state index in [1.165, 1.54) is 6.42 Å². The van der Waals surface area contributed by atoms with Gasteiger partial charge in [0.05, 0.1) is 0 Å². The molecule has 1 aromatic heterocycles. The molecular formula is C14H21N3O3. The van der Waals surface area contributed by atoms with Gasteiger partial charge in [-0.3, -0.25) is 4.79 Å². The molecule has 1 aliphatic carbocycles. The maximum atomic E-state index is 12.4. The highest BCUT2D eigenvalue weighted by Gasteiger charge is 2.44. The number of carbonyl (C=O) groups is 1. The normalized spacial score (nSPS) is 25.3. The third-order valence-electron chi connectivity index (χ3n) is 4.51. The van der Waals surface area contributed by atoms with Gasteiger partial charge in [-0.2, -0.15) is 4.98 Å². The number of nitrogens with zero attached hydrogens (tertiary/aromatic N) is 3. The van der Waals surface area contributed by atoms with Crippen LogP contribution < -0.4 is 0 Å². The molecule has 1 saturated heterocycles. The highest BCUT2D eigenvalue weighted by molar-refractivity contribution is 5.89. The fourth-order valence-electron chi connectivity index (χ4n) is 3.02. The van der Waals surface area contributed by atoms with Crippen LogP contribution in [0.25, 0.3) is 0 Å². The molecule has 0 bridgehead atoms. The Labute approximate surface area is 118 Å². The SMILES string of the molecule is COC1(c2noc(C(=O)N3CCCC(C)C3)n2)CCC1. The molecule has 110 valence electrons. The van der Waals surface area contributed by atoms with Crippen LogP contribution in [0, 0.1) is 5.92 Å². The van der Waals surface area contributed by atoms with Gasteiger partial charge in [0.2, 0.25) is 5.82 Å². The fraction of sp³-hybridized carbons (Fsp3) is 0.786. The van der Waals surface area contributed by atoms with Gasteiger partial charge in [0.1, 0.15) is 5.60 Å². The number of hydrogen-bond acceptors (Lipinski definition) is 5. The Hall–Kier alpha value is -1.43. The maximum absolute atomic E-state index is 12.4. The largest absolute Gasteiger partial charge is 0.370 e. The van der Waals surface area contributed by atoms with Crippen molar-refractivity contribution in [3.63, 3.8) is 0 Å². The van der Waals surface area contributed by atoms with E-state index >= 15 is 0 Å². The van der Waals surface area contributed by atoms with E-state index in [-0.39, 0.29) is 11.8 Å². The number of methoxy groups -OCH3 is 1. The molecule has 2 fully saturated rings. The zero-order chi connectivity index (χ0) is 14.2. The number of amides is 1. The van der Waals surface area contributed by atoms with Crippen LogP contribution in [0.5, 0.6) is 0 Å². The molecule has 1 aliphatic heterocycles. The quantitative estimate of drug-likeness (QED) is 0.846. The number of carbonyl (C=O) groups excluding carboxylic acids is 1. The Morgan fingerprint density at radius 1 is 1.45 bits per heavy atom. The predicted molar refractivity (Wildman–Crippen MR) is 71.1 cm³/mol. The van der Waals surface area contributed by atoms with Gasteiger partial charge >= 0.3 is 11.8 Å². The summed E-state index contributed by atoms with van der Waals surface area (Å²) in [6.07, 6.45) is 5.08. The summed E-state index contributed by atoms with van der Waals surface area (Å²) in [5.41, 5.74) is -0.433. The molecule has 1 saturated carbocycles. The highest BCUT2D eigenvalue weighted by Crippen LogP contribution is 2.42. The number of aromatic nitrogens is 2. The van der Waals surface area contributed by atoms with Crippen molar-refractivity contribution >= 4 is 5.91 Å². The Kier molecular flexibility index (Phi) is 3.50. The van der Waals surface area contributed by atoms with Crippen LogP contribution in [0.3, 0.4) is 0 Å². The average Bonchev–Trinajstić information content (AvgIpc) is 2.87. The van der Waals surface area contributed by atoms with Crippen LogP contribution in [0.1, 0.15) is 55.5 Å². The van der Waals surface area contributed by atoms with Gasteiger partial charge in [-0.15, -0.1) is 0 Å². The van der Waals surface area contributed by atoms with E-state index in [0.29, 0.717) is 11.7 Å². The Balaban J connectivity index is 1.74. The predicted octanol–water partition coefficient (Wildman–Crippen LogP) is 1.97. The van der Waals surface area contributed by atoms with Crippen molar-refractivity contribution in [2.75, 3.05) is 20.2 Å². The van der Waals surface area contributed by atoms with E-state index in [1.54, 1.807) is 7.11 Å². The monoisotopic (exact) mass is 279 g/mol. The van der Waals surface area contributed by atoms with E-state index in [9.17, 15) is 4.79 Å². The molecule has 2 aliphatic rings. The summed E-state index contributed by atoms with van der Waals surface area (Å²) < 4.78 is 10.7. The lowest BCUT2D eigenvalue weighted by Gasteiger charge is -2.37. The molecule has 1 amide bonds. The number of likely N-dealkylation sites (tertiary alicyclic amines) is 1. The first-order chi connectivity index (χ1) is 9.64. The van der Waals surface area contributed by atoms with E-state index < -0.39 is 5.60 Å². The number of piperidine rings is 1. The van der Waals surface area contributed by atoms with Crippen molar-refractivity contribution in [2.24, 2.45) is 5.92 Å². The number of rotatable bonds is 3. The molecule has 1 atom stereocenters. The topological polar surface area (TPSA) is 68.5 Å². The van der Waals surface area contributed by atoms with Crippen molar-refractivity contribution in [1.29, 1.82) is 0 Å². The highest BCUT2D eigenvalue weighted by atomic mass is 16.5. The molecule has 20 heavy (non-hydrogen) atoms. The van der Waals surface area contributed by atoms with Gasteiger partial charge in [-0.05, 0) is 38.0 Å². The van der Waals surface area contributed by atoms with Crippen LogP contribution in [0.2, 0.25) is 0 Å². The lowest BCUT2D eigenvalue weighted by molar-refractivity contribution is -0.0858. The lowest BCUT2D eigenvalue weighted by Crippen LogP contribution is -2.39. The molecule has 0 N–H and O–H groups in total. The van der Waals surface area contributed by atoms with Gasteiger partial charge in [0.15, 0.2) is 0 Å². The molecular weight excluding hydrogens is 258 g/mol. The standard InChI is InChI=1S/C14H21N3O3/c1-10-5-3-8-17(9-10)12(18)11-15-13(16-20-11)14(19-2)6-4-7-14/h10H,3-9H2,1-2H3. The first-order valence-electron chi connectivity index (χ1n) is 7.33. The number of ether oxygens (including phenoxy) is 1. The summed E-state index contributed by atoms with van der Waals surface area (Å²) in [5.74, 6) is 0.991. The lowest BCUT2D eigenvalue weighted by atomic mass is 9.79. The van der Waals surface area contributed by atoms with Gasteiger partial charge in [0.25, 0.3) is 0 Å². The minimum Gasteiger partial charge on any atom is -0.370 e. The molecule has 3 rings (SSSR count). The molecule has 1 unspecified atom stereocenters. The van der Waals surface area contributed by atoms with Crippen LogP contribution in [-0.4, -0.2) is 41.1 Å². The van der Waals surface area contributed by atoms with Crippen LogP contribution in [-0.2, 0) is 10.3 Å². The molecule has 6 heteroatoms. The molecule has 0 spiro atoms. The van der Waals surface area contributed by atoms with Crippen LogP contribution >= 0.6 is 0 Å². The summed E-state index contributed by atoms with van der Waals surface area (Å²) in [5, 5.41) is 3.96. The minimum atomic E-state index is -0.433. The maximum Gasteiger partial charge on any atom is 0.316 e. The van der Waals surface area contributed by atoms with Crippen LogP contribution in [0.4, 0.5) is 0 Å². The van der Waals surface area contributed by atoms with E-state index in [2.05, 4.69) is 17.1 Å². The molecule has 0 radical (unpaired) electrons. The van der Waals surface area contributed by atoms with Crippen LogP contribution in [0.15, 0.2) is 4.52 Å². The Bertz CT molecular complexity index is 490. The average molecular weight is 279 g/mol. The summed E-state index contributed by atoms with van der Waals surface area (Å²) in [7, 11) is 1.66. The van der Waals surface area contributed by atoms with Crippen molar-refractivity contribution in [2.45, 2.75) is 44.6 Å². The van der Waals surface area contributed by atoms with Crippen molar-refractivity contribution in [1.82, 2.24) is 15.0 Å². The van der Waals surface area contributed by atoms with E-state index in [1.807, 2.05) is 4.90 Å². The van der Waals surface area contributed by atoms with Gasteiger partial charge in [-0.25, -0.2) is 0 Å². The first-order valence-corrected chi connectivity index (χ1v) is 7.33. The Morgan fingerprint density at radius 2 is 2.25 bits per heavy atom. The third-order valence-corrected chi connectivity index (χ3v) is 4.51. The minimum absolute atomic E-state index is 0.0948. The smallest absolute Gasteiger partial charge is 0.316 e. The summed E-state index contributed by atoms with van der Waals surface area (Å²) in [6, 6.07) is 0. The van der Waals surface area contributed by atoms with Crippen molar-refractivity contribution in [3.05, 3.63) is 11.7 Å². The Morgan fingerprint density at radius 3 is 2.85 bits per heavy atom. The van der Waals surface area contributed by atoms with E-state index in [0.717, 1.165) is 38.8 Å². The van der Waals surface area contributed by atoms with Gasteiger partial charge < -0.3 is 14.2 Å². The van der Waals surface area contributed by atoms with E-state index in [4.69, 9.17) is 9.26 Å². The summed E-state index contributed by atoms with van der Waals surface area (Å²) in [6.45, 7) is 3.70. The summed E-state index contributed by atoms with van der Waals surface area (Å²) >= 11 is 0. The summed E-state index contributed by atoms with van der Waals surface area (Å²) in [4.78, 5) is 18.5. The molecule has 1 aromatic rings. The molecule has 0 aromatic carbocycles. The first kappa shape index (κ1) is 13.5. The van der Waals surface area contributed by atoms with Gasteiger partial charge in [-0.1, -0.05) is 12.1 Å². The fourth-order valence-corrected chi connectivity index (χ4v) is 3.02. The van der Waals surface area contributed by atoms with Gasteiger partial charge in [0, 0.05) is 20.2 Å². The van der Waals surface area contributed by atoms with Crippen molar-refractivity contribution in [3.8, 4) is 0 Å². The molecule has 2 heterocycles. The number of hydrogen-bond donors (Lipinski definition) is 0. The molecule has 6 nitrogen and oxygen atoms in total. The third kappa shape index (κ3) is 2.22. The second-order valence-electron chi connectivity index (χ2n) is 5.97. The second kappa shape index (κ2) is 5.16.